The fourth-order valence-electron chi connectivity index (χ4n) is 0.571. The Kier molecular flexibility index (Phi) is 2.20. The molecule has 10 heavy (non-hydrogen) atoms. The highest BCUT2D eigenvalue weighted by Crippen LogP contribution is 2.10. The van der Waals surface area contributed by atoms with Gasteiger partial charge in [-0.15, -0.1) is 0 Å². The number of hydrogen-bond donors (Lipinski definition) is 0. The third-order valence-electron chi connectivity index (χ3n) is 0.959. The van der Waals surface area contributed by atoms with Crippen LogP contribution < -0.4 is 4.74 Å². The first-order chi connectivity index (χ1) is 4.83. The SMILES string of the molecule is FCOc1cc[c]c(F)c1. The smallest absolute Gasteiger partial charge is 0.228 e. The third kappa shape index (κ3) is 1.69. The van der Waals surface area contributed by atoms with Crippen LogP contribution >= 0.6 is 0 Å². The zero-order chi connectivity index (χ0) is 7.40. The van der Waals surface area contributed by atoms with Crippen molar-refractivity contribution in [2.24, 2.45) is 0 Å². The van der Waals surface area contributed by atoms with E-state index in [1.165, 1.54) is 12.1 Å². The molecule has 1 aromatic rings. The van der Waals surface area contributed by atoms with Gasteiger partial charge in [0, 0.05) is 12.1 Å². The molecular formula is C7H5F2O. The topological polar surface area (TPSA) is 9.23 Å². The molecule has 0 fully saturated rings. The Morgan fingerprint density at radius 3 is 3.00 bits per heavy atom. The molecule has 0 aliphatic rings. The number of halogens is 2. The number of alkyl halides is 1. The van der Waals surface area contributed by atoms with Crippen LogP contribution in [0.3, 0.4) is 0 Å². The minimum Gasteiger partial charge on any atom is -0.463 e. The van der Waals surface area contributed by atoms with Crippen molar-refractivity contribution in [3.8, 4) is 5.75 Å². The van der Waals surface area contributed by atoms with Crippen molar-refractivity contribution >= 4 is 0 Å². The molecule has 53 valence electrons. The minimum atomic E-state index is -0.941. The number of rotatable bonds is 2. The summed E-state index contributed by atoms with van der Waals surface area (Å²) in [4.78, 5) is 0. The maximum absolute atomic E-state index is 12.2. The summed E-state index contributed by atoms with van der Waals surface area (Å²) in [5.41, 5.74) is 0. The highest BCUT2D eigenvalue weighted by atomic mass is 19.1. The Labute approximate surface area is 57.2 Å². The molecule has 0 saturated heterocycles. The van der Waals surface area contributed by atoms with E-state index in [2.05, 4.69) is 10.8 Å². The summed E-state index contributed by atoms with van der Waals surface area (Å²) in [5.74, 6) is -0.371. The van der Waals surface area contributed by atoms with Crippen molar-refractivity contribution in [3.63, 3.8) is 0 Å². The van der Waals surface area contributed by atoms with Crippen LogP contribution in [0.15, 0.2) is 18.2 Å². The average Bonchev–Trinajstić information content (AvgIpc) is 1.88. The van der Waals surface area contributed by atoms with E-state index in [0.717, 1.165) is 6.07 Å². The second-order valence-corrected chi connectivity index (χ2v) is 1.63. The van der Waals surface area contributed by atoms with Crippen molar-refractivity contribution in [1.29, 1.82) is 0 Å². The molecule has 0 amide bonds. The molecule has 0 atom stereocenters. The third-order valence-corrected chi connectivity index (χ3v) is 0.959. The lowest BCUT2D eigenvalue weighted by Gasteiger charge is -1.98. The van der Waals surface area contributed by atoms with E-state index in [1.54, 1.807) is 0 Å². The van der Waals surface area contributed by atoms with E-state index in [1.807, 2.05) is 0 Å². The number of benzene rings is 1. The lowest BCUT2D eigenvalue weighted by atomic mass is 10.3. The summed E-state index contributed by atoms with van der Waals surface area (Å²) in [7, 11) is 0. The van der Waals surface area contributed by atoms with Crippen LogP contribution in [0, 0.1) is 11.9 Å². The van der Waals surface area contributed by atoms with E-state index >= 15 is 0 Å². The summed E-state index contributed by atoms with van der Waals surface area (Å²) in [6.45, 7) is -0.941. The number of hydrogen-bond acceptors (Lipinski definition) is 1. The second-order valence-electron chi connectivity index (χ2n) is 1.63. The Hall–Kier alpha value is -1.12. The first-order valence-corrected chi connectivity index (χ1v) is 2.69. The first-order valence-electron chi connectivity index (χ1n) is 2.69. The van der Waals surface area contributed by atoms with Gasteiger partial charge in [-0.2, -0.15) is 0 Å². The van der Waals surface area contributed by atoms with Crippen LogP contribution in [0.1, 0.15) is 0 Å². The van der Waals surface area contributed by atoms with Crippen molar-refractivity contribution < 1.29 is 13.5 Å². The van der Waals surface area contributed by atoms with Gasteiger partial charge < -0.3 is 4.74 Å². The zero-order valence-corrected chi connectivity index (χ0v) is 5.10. The Morgan fingerprint density at radius 2 is 2.40 bits per heavy atom. The molecule has 1 aromatic carbocycles. The summed E-state index contributed by atoms with van der Waals surface area (Å²) in [6, 6.07) is 6.10. The summed E-state index contributed by atoms with van der Waals surface area (Å²) in [6.07, 6.45) is 0. The van der Waals surface area contributed by atoms with E-state index in [-0.39, 0.29) is 5.75 Å². The minimum absolute atomic E-state index is 0.179. The highest BCUT2D eigenvalue weighted by Gasteiger charge is 1.93. The second kappa shape index (κ2) is 3.15. The molecule has 0 N–H and O–H groups in total. The normalized spacial score (nSPS) is 9.40. The Balaban J connectivity index is 2.75. The predicted molar refractivity (Wildman–Crippen MR) is 31.8 cm³/mol. The van der Waals surface area contributed by atoms with Gasteiger partial charge in [0.2, 0.25) is 6.86 Å². The molecular weight excluding hydrogens is 138 g/mol. The zero-order valence-electron chi connectivity index (χ0n) is 5.10. The maximum atomic E-state index is 12.2. The van der Waals surface area contributed by atoms with Gasteiger partial charge in [-0.3, -0.25) is 0 Å². The van der Waals surface area contributed by atoms with Gasteiger partial charge in [-0.1, -0.05) is 0 Å². The highest BCUT2D eigenvalue weighted by molar-refractivity contribution is 5.21. The first kappa shape index (κ1) is 6.99. The molecule has 1 radical (unpaired) electrons. The van der Waals surface area contributed by atoms with Gasteiger partial charge in [0.25, 0.3) is 0 Å². The van der Waals surface area contributed by atoms with Crippen LogP contribution in [-0.4, -0.2) is 6.86 Å². The van der Waals surface area contributed by atoms with Gasteiger partial charge in [0.15, 0.2) is 0 Å². The molecule has 0 aromatic heterocycles. The molecule has 0 heterocycles. The largest absolute Gasteiger partial charge is 0.463 e. The molecule has 0 unspecified atom stereocenters. The van der Waals surface area contributed by atoms with Gasteiger partial charge in [0.1, 0.15) is 11.6 Å². The van der Waals surface area contributed by atoms with Gasteiger partial charge in [-0.25, -0.2) is 8.78 Å². The summed E-state index contributed by atoms with van der Waals surface area (Å²) < 4.78 is 28.0. The standard InChI is InChI=1S/C7H5F2O/c8-5-10-7-3-1-2-6(9)4-7/h1,3-4H,5H2. The monoisotopic (exact) mass is 143 g/mol. The number of ether oxygens (including phenoxy) is 1. The lowest BCUT2D eigenvalue weighted by Crippen LogP contribution is -1.89. The van der Waals surface area contributed by atoms with Gasteiger partial charge >= 0.3 is 0 Å². The van der Waals surface area contributed by atoms with E-state index in [4.69, 9.17) is 0 Å². The molecule has 0 aliphatic carbocycles. The molecule has 0 bridgehead atoms. The molecule has 1 nitrogen and oxygen atoms in total. The molecule has 0 spiro atoms. The van der Waals surface area contributed by atoms with Crippen molar-refractivity contribution in [3.05, 3.63) is 30.1 Å². The van der Waals surface area contributed by atoms with E-state index < -0.39 is 12.7 Å². The Morgan fingerprint density at radius 1 is 1.60 bits per heavy atom. The lowest BCUT2D eigenvalue weighted by molar-refractivity contribution is 0.191. The molecule has 3 heteroatoms. The predicted octanol–water partition coefficient (Wildman–Crippen LogP) is 1.93. The van der Waals surface area contributed by atoms with Crippen LogP contribution in [-0.2, 0) is 0 Å². The average molecular weight is 143 g/mol. The van der Waals surface area contributed by atoms with Crippen LogP contribution in [0.5, 0.6) is 5.75 Å². The summed E-state index contributed by atoms with van der Waals surface area (Å²) >= 11 is 0. The van der Waals surface area contributed by atoms with Crippen LogP contribution in [0.2, 0.25) is 0 Å². The van der Waals surface area contributed by atoms with Crippen LogP contribution in [0.25, 0.3) is 0 Å². The Bertz CT molecular complexity index is 213. The van der Waals surface area contributed by atoms with Crippen LogP contribution in [0.4, 0.5) is 8.78 Å². The van der Waals surface area contributed by atoms with Crippen molar-refractivity contribution in [2.45, 2.75) is 0 Å². The fourth-order valence-corrected chi connectivity index (χ4v) is 0.571. The summed E-state index contributed by atoms with van der Waals surface area (Å²) in [5, 5.41) is 0. The van der Waals surface area contributed by atoms with E-state index in [9.17, 15) is 8.78 Å². The fraction of sp³-hybridized carbons (Fsp3) is 0.143. The molecule has 0 aliphatic heterocycles. The quantitative estimate of drug-likeness (QED) is 0.614. The van der Waals surface area contributed by atoms with Crippen molar-refractivity contribution in [2.75, 3.05) is 6.86 Å². The van der Waals surface area contributed by atoms with Crippen molar-refractivity contribution in [1.82, 2.24) is 0 Å². The molecule has 0 saturated carbocycles. The van der Waals surface area contributed by atoms with Gasteiger partial charge in [0.05, 0.1) is 0 Å². The molecule has 1 rings (SSSR count). The van der Waals surface area contributed by atoms with E-state index in [0.29, 0.717) is 0 Å². The van der Waals surface area contributed by atoms with Gasteiger partial charge in [-0.05, 0) is 12.1 Å². The maximum Gasteiger partial charge on any atom is 0.228 e.